The van der Waals surface area contributed by atoms with Crippen LogP contribution in [0, 0.1) is 22.7 Å². The van der Waals surface area contributed by atoms with Crippen LogP contribution in [0.2, 0.25) is 0 Å². The van der Waals surface area contributed by atoms with Crippen LogP contribution in [0.4, 0.5) is 5.82 Å². The molecule has 0 aliphatic heterocycles. The molecule has 0 spiro atoms. The summed E-state index contributed by atoms with van der Waals surface area (Å²) in [5.74, 6) is 0.540. The quantitative estimate of drug-likeness (QED) is 0.779. The molecule has 0 aliphatic rings. The van der Waals surface area contributed by atoms with Gasteiger partial charge in [-0.2, -0.15) is 10.5 Å². The van der Waals surface area contributed by atoms with E-state index in [1.165, 1.54) is 0 Å². The molecule has 0 radical (unpaired) electrons. The molecule has 0 fully saturated rings. The lowest BCUT2D eigenvalue weighted by molar-refractivity contribution is 0.813. The lowest BCUT2D eigenvalue weighted by Crippen LogP contribution is -2.15. The van der Waals surface area contributed by atoms with Crippen molar-refractivity contribution < 1.29 is 0 Å². The van der Waals surface area contributed by atoms with Gasteiger partial charge in [-0.15, -0.1) is 0 Å². The molecule has 0 saturated heterocycles. The standard InChI is InChI=1S/C10H10N4/c1-8(4-5-11)14-10-9(7-12)3-2-6-13-10/h2-3,6,8H,4H2,1H3,(H,13,14). The summed E-state index contributed by atoms with van der Waals surface area (Å²) >= 11 is 0. The van der Waals surface area contributed by atoms with E-state index in [4.69, 9.17) is 10.5 Å². The number of rotatable bonds is 3. The Balaban J connectivity index is 2.77. The molecule has 0 aromatic carbocycles. The van der Waals surface area contributed by atoms with Crippen molar-refractivity contribution in [3.05, 3.63) is 23.9 Å². The van der Waals surface area contributed by atoms with Crippen LogP contribution in [-0.2, 0) is 0 Å². The largest absolute Gasteiger partial charge is 0.365 e. The van der Waals surface area contributed by atoms with Crippen molar-refractivity contribution >= 4 is 5.82 Å². The molecule has 1 aromatic heterocycles. The number of hydrogen-bond acceptors (Lipinski definition) is 4. The highest BCUT2D eigenvalue weighted by atomic mass is 15.0. The number of nitrogens with one attached hydrogen (secondary N) is 1. The summed E-state index contributed by atoms with van der Waals surface area (Å²) in [5, 5.41) is 20.2. The van der Waals surface area contributed by atoms with Crippen molar-refractivity contribution in [2.75, 3.05) is 5.32 Å². The Bertz CT molecular complexity index is 386. The van der Waals surface area contributed by atoms with Crippen LogP contribution in [0.25, 0.3) is 0 Å². The van der Waals surface area contributed by atoms with Gasteiger partial charge in [0.2, 0.25) is 0 Å². The third-order valence-electron chi connectivity index (χ3n) is 1.71. The maximum Gasteiger partial charge on any atom is 0.144 e. The van der Waals surface area contributed by atoms with E-state index in [1.807, 2.05) is 13.0 Å². The number of nitrogens with zero attached hydrogens (tertiary/aromatic N) is 3. The van der Waals surface area contributed by atoms with Crippen LogP contribution in [-0.4, -0.2) is 11.0 Å². The van der Waals surface area contributed by atoms with E-state index in [0.717, 1.165) is 0 Å². The Kier molecular flexibility index (Phi) is 3.46. The van der Waals surface area contributed by atoms with Gasteiger partial charge in [0.1, 0.15) is 11.9 Å². The van der Waals surface area contributed by atoms with Gasteiger partial charge in [0.15, 0.2) is 0 Å². The lowest BCUT2D eigenvalue weighted by Gasteiger charge is -2.11. The van der Waals surface area contributed by atoms with Crippen LogP contribution in [0.1, 0.15) is 18.9 Å². The molecule has 0 amide bonds. The van der Waals surface area contributed by atoms with E-state index < -0.39 is 0 Å². The first-order valence-corrected chi connectivity index (χ1v) is 4.26. The molecule has 0 saturated carbocycles. The van der Waals surface area contributed by atoms with Crippen molar-refractivity contribution in [2.45, 2.75) is 19.4 Å². The second kappa shape index (κ2) is 4.84. The molecule has 4 nitrogen and oxygen atoms in total. The third-order valence-corrected chi connectivity index (χ3v) is 1.71. The van der Waals surface area contributed by atoms with Gasteiger partial charge < -0.3 is 5.32 Å². The summed E-state index contributed by atoms with van der Waals surface area (Å²) < 4.78 is 0. The molecule has 1 heterocycles. The zero-order chi connectivity index (χ0) is 10.4. The minimum atomic E-state index is 0.00185. The van der Waals surface area contributed by atoms with Crippen LogP contribution < -0.4 is 5.32 Å². The molecule has 0 aliphatic carbocycles. The van der Waals surface area contributed by atoms with Gasteiger partial charge in [0.05, 0.1) is 18.1 Å². The Morgan fingerprint density at radius 3 is 3.00 bits per heavy atom. The first-order valence-electron chi connectivity index (χ1n) is 4.26. The maximum atomic E-state index is 8.77. The molecule has 1 atom stereocenters. The van der Waals surface area contributed by atoms with E-state index in [1.54, 1.807) is 18.3 Å². The molecule has 1 aromatic rings. The van der Waals surface area contributed by atoms with E-state index in [2.05, 4.69) is 16.4 Å². The molecule has 1 unspecified atom stereocenters. The monoisotopic (exact) mass is 186 g/mol. The first kappa shape index (κ1) is 10.0. The summed E-state index contributed by atoms with van der Waals surface area (Å²) in [4.78, 5) is 4.03. The average Bonchev–Trinajstić information content (AvgIpc) is 2.19. The molecule has 1 N–H and O–H groups in total. The molecule has 0 bridgehead atoms. The first-order chi connectivity index (χ1) is 6.77. The van der Waals surface area contributed by atoms with E-state index in [-0.39, 0.29) is 6.04 Å². The summed E-state index contributed by atoms with van der Waals surface area (Å²) in [6.45, 7) is 1.87. The van der Waals surface area contributed by atoms with Gasteiger partial charge in [0, 0.05) is 12.2 Å². The van der Waals surface area contributed by atoms with Gasteiger partial charge in [0.25, 0.3) is 0 Å². The SMILES string of the molecule is CC(CC#N)Nc1ncccc1C#N. The predicted octanol–water partition coefficient (Wildman–Crippen LogP) is 1.67. The van der Waals surface area contributed by atoms with E-state index in [0.29, 0.717) is 17.8 Å². The second-order valence-electron chi connectivity index (χ2n) is 2.92. The van der Waals surface area contributed by atoms with Crippen molar-refractivity contribution in [3.8, 4) is 12.1 Å². The molecular formula is C10H10N4. The number of aromatic nitrogens is 1. The summed E-state index contributed by atoms with van der Waals surface area (Å²) in [6.07, 6.45) is 2.00. The Morgan fingerprint density at radius 2 is 2.36 bits per heavy atom. The van der Waals surface area contributed by atoms with Crippen LogP contribution in [0.3, 0.4) is 0 Å². The average molecular weight is 186 g/mol. The lowest BCUT2D eigenvalue weighted by atomic mass is 10.2. The fraction of sp³-hybridized carbons (Fsp3) is 0.300. The molecule has 4 heteroatoms. The molecule has 14 heavy (non-hydrogen) atoms. The molecular weight excluding hydrogens is 176 g/mol. The second-order valence-corrected chi connectivity index (χ2v) is 2.92. The topological polar surface area (TPSA) is 72.5 Å². The van der Waals surface area contributed by atoms with Crippen molar-refractivity contribution in [1.82, 2.24) is 4.98 Å². The zero-order valence-corrected chi connectivity index (χ0v) is 7.86. The Hall–Kier alpha value is -2.07. The van der Waals surface area contributed by atoms with Crippen LogP contribution >= 0.6 is 0 Å². The fourth-order valence-corrected chi connectivity index (χ4v) is 1.03. The van der Waals surface area contributed by atoms with Gasteiger partial charge in [-0.1, -0.05) is 0 Å². The maximum absolute atomic E-state index is 8.77. The minimum absolute atomic E-state index is 0.00185. The zero-order valence-electron chi connectivity index (χ0n) is 7.86. The summed E-state index contributed by atoms with van der Waals surface area (Å²) in [5.41, 5.74) is 0.497. The number of hydrogen-bond donors (Lipinski definition) is 1. The van der Waals surface area contributed by atoms with Crippen LogP contribution in [0.5, 0.6) is 0 Å². The van der Waals surface area contributed by atoms with Gasteiger partial charge >= 0.3 is 0 Å². The molecule has 70 valence electrons. The third kappa shape index (κ3) is 2.46. The fourth-order valence-electron chi connectivity index (χ4n) is 1.03. The number of nitriles is 2. The Morgan fingerprint density at radius 1 is 1.57 bits per heavy atom. The van der Waals surface area contributed by atoms with Crippen molar-refractivity contribution in [3.63, 3.8) is 0 Å². The normalized spacial score (nSPS) is 11.1. The minimum Gasteiger partial charge on any atom is -0.365 e. The van der Waals surface area contributed by atoms with Crippen molar-refractivity contribution in [1.29, 1.82) is 10.5 Å². The van der Waals surface area contributed by atoms with Crippen LogP contribution in [0.15, 0.2) is 18.3 Å². The van der Waals surface area contributed by atoms with E-state index >= 15 is 0 Å². The summed E-state index contributed by atoms with van der Waals surface area (Å²) in [6, 6.07) is 7.48. The highest BCUT2D eigenvalue weighted by Gasteiger charge is 2.05. The van der Waals surface area contributed by atoms with Crippen molar-refractivity contribution in [2.24, 2.45) is 0 Å². The highest BCUT2D eigenvalue weighted by Crippen LogP contribution is 2.11. The number of pyridine rings is 1. The molecule has 1 rings (SSSR count). The van der Waals surface area contributed by atoms with Gasteiger partial charge in [-0.25, -0.2) is 4.98 Å². The summed E-state index contributed by atoms with van der Waals surface area (Å²) in [7, 11) is 0. The van der Waals surface area contributed by atoms with Gasteiger partial charge in [-0.05, 0) is 19.1 Å². The highest BCUT2D eigenvalue weighted by molar-refractivity contribution is 5.51. The predicted molar refractivity (Wildman–Crippen MR) is 52.3 cm³/mol. The Labute approximate surface area is 82.8 Å². The number of anilines is 1. The van der Waals surface area contributed by atoms with Gasteiger partial charge in [-0.3, -0.25) is 0 Å². The van der Waals surface area contributed by atoms with E-state index in [9.17, 15) is 0 Å². The smallest absolute Gasteiger partial charge is 0.144 e.